The molecule has 12 heavy (non-hydrogen) atoms. The molecule has 0 fully saturated rings. The molecule has 0 unspecified atom stereocenters. The lowest BCUT2D eigenvalue weighted by atomic mass is 10.2. The molecule has 0 aliphatic carbocycles. The molecule has 1 rings (SSSR count). The van der Waals surface area contributed by atoms with Gasteiger partial charge in [-0.2, -0.15) is 0 Å². The first kappa shape index (κ1) is 11.7. The van der Waals surface area contributed by atoms with Crippen molar-refractivity contribution in [1.82, 2.24) is 0 Å². The summed E-state index contributed by atoms with van der Waals surface area (Å²) in [5, 5.41) is 0. The fraction of sp³-hybridized carbons (Fsp3) is 0.636. The van der Waals surface area contributed by atoms with Crippen LogP contribution in [-0.2, 0) is 0 Å². The highest BCUT2D eigenvalue weighted by atomic mass is 32.1. The highest BCUT2D eigenvalue weighted by Crippen LogP contribution is 2.12. The first-order valence-electron chi connectivity index (χ1n) is 4.59. The van der Waals surface area contributed by atoms with Crippen molar-refractivity contribution in [3.05, 3.63) is 21.9 Å². The standard InChI is InChI=1S/C6H8S.C5H12/c1-5-3-4-6(2)7-5;1-4-5(2)3/h3-4H,1-2H3;5H,4H2,1-3H3. The van der Waals surface area contributed by atoms with E-state index in [0.29, 0.717) is 0 Å². The minimum atomic E-state index is 0.884. The SMILES string of the molecule is CCC(C)C.Cc1ccc(C)s1. The topological polar surface area (TPSA) is 0 Å². The largest absolute Gasteiger partial charge is 0.146 e. The van der Waals surface area contributed by atoms with E-state index >= 15 is 0 Å². The van der Waals surface area contributed by atoms with E-state index in [9.17, 15) is 0 Å². The van der Waals surface area contributed by atoms with Crippen LogP contribution in [0.25, 0.3) is 0 Å². The van der Waals surface area contributed by atoms with Crippen LogP contribution in [0.15, 0.2) is 12.1 Å². The number of aryl methyl sites for hydroxylation is 2. The Balaban J connectivity index is 0.000000217. The van der Waals surface area contributed by atoms with Crippen LogP contribution in [0.3, 0.4) is 0 Å². The minimum Gasteiger partial charge on any atom is -0.146 e. The van der Waals surface area contributed by atoms with Crippen LogP contribution in [0.2, 0.25) is 0 Å². The van der Waals surface area contributed by atoms with Crippen molar-refractivity contribution in [2.75, 3.05) is 0 Å². The maximum absolute atomic E-state index is 2.22. The van der Waals surface area contributed by atoms with E-state index in [0.717, 1.165) is 5.92 Å². The van der Waals surface area contributed by atoms with E-state index in [2.05, 4.69) is 46.8 Å². The van der Waals surface area contributed by atoms with Crippen molar-refractivity contribution in [2.24, 2.45) is 5.92 Å². The van der Waals surface area contributed by atoms with Crippen LogP contribution in [0.1, 0.15) is 36.9 Å². The predicted octanol–water partition coefficient (Wildman–Crippen LogP) is 4.42. The third kappa shape index (κ3) is 6.41. The molecule has 1 aromatic heterocycles. The van der Waals surface area contributed by atoms with E-state index in [1.165, 1.54) is 16.2 Å². The molecule has 1 heteroatoms. The second kappa shape index (κ2) is 6.24. The Kier molecular flexibility index (Phi) is 6.09. The third-order valence-electron chi connectivity index (χ3n) is 1.69. The summed E-state index contributed by atoms with van der Waals surface area (Å²) in [6, 6.07) is 4.28. The van der Waals surface area contributed by atoms with Crippen molar-refractivity contribution in [1.29, 1.82) is 0 Å². The van der Waals surface area contributed by atoms with Crippen LogP contribution in [-0.4, -0.2) is 0 Å². The normalized spacial score (nSPS) is 9.50. The van der Waals surface area contributed by atoms with Gasteiger partial charge < -0.3 is 0 Å². The quantitative estimate of drug-likeness (QED) is 0.606. The van der Waals surface area contributed by atoms with Gasteiger partial charge in [-0.05, 0) is 31.9 Å². The fourth-order valence-electron chi connectivity index (χ4n) is 0.557. The van der Waals surface area contributed by atoms with E-state index in [-0.39, 0.29) is 0 Å². The highest BCUT2D eigenvalue weighted by Gasteiger charge is 1.84. The van der Waals surface area contributed by atoms with Gasteiger partial charge in [-0.3, -0.25) is 0 Å². The van der Waals surface area contributed by atoms with Gasteiger partial charge >= 0.3 is 0 Å². The summed E-state index contributed by atoms with van der Waals surface area (Å²) >= 11 is 1.84. The summed E-state index contributed by atoms with van der Waals surface area (Å²) in [5.74, 6) is 0.884. The van der Waals surface area contributed by atoms with Crippen LogP contribution in [0, 0.1) is 19.8 Å². The Morgan fingerprint density at radius 2 is 1.50 bits per heavy atom. The van der Waals surface area contributed by atoms with Gasteiger partial charge in [0, 0.05) is 9.75 Å². The Bertz CT molecular complexity index is 182. The fourth-order valence-corrected chi connectivity index (χ4v) is 1.34. The van der Waals surface area contributed by atoms with Crippen LogP contribution < -0.4 is 0 Å². The Labute approximate surface area is 80.6 Å². The van der Waals surface area contributed by atoms with Crippen LogP contribution in [0.5, 0.6) is 0 Å². The van der Waals surface area contributed by atoms with Gasteiger partial charge in [0.2, 0.25) is 0 Å². The van der Waals surface area contributed by atoms with E-state index in [4.69, 9.17) is 0 Å². The summed E-state index contributed by atoms with van der Waals surface area (Å²) in [5.41, 5.74) is 0. The molecular weight excluding hydrogens is 164 g/mol. The molecule has 0 amide bonds. The van der Waals surface area contributed by atoms with E-state index in [1.807, 2.05) is 11.3 Å². The summed E-state index contributed by atoms with van der Waals surface area (Å²) < 4.78 is 0. The van der Waals surface area contributed by atoms with Gasteiger partial charge in [0.15, 0.2) is 0 Å². The minimum absolute atomic E-state index is 0.884. The van der Waals surface area contributed by atoms with Crippen molar-refractivity contribution >= 4 is 11.3 Å². The molecule has 70 valence electrons. The van der Waals surface area contributed by atoms with E-state index < -0.39 is 0 Å². The number of hydrogen-bond acceptors (Lipinski definition) is 1. The molecule has 0 saturated carbocycles. The molecule has 1 heterocycles. The lowest BCUT2D eigenvalue weighted by Gasteiger charge is -1.90. The molecular formula is C11H20S. The summed E-state index contributed by atoms with van der Waals surface area (Å²) in [7, 11) is 0. The van der Waals surface area contributed by atoms with Gasteiger partial charge in [-0.15, -0.1) is 11.3 Å². The highest BCUT2D eigenvalue weighted by molar-refractivity contribution is 7.11. The van der Waals surface area contributed by atoms with Crippen molar-refractivity contribution in [3.8, 4) is 0 Å². The maximum Gasteiger partial charge on any atom is 0.00170 e. The molecule has 1 aromatic rings. The van der Waals surface area contributed by atoms with Crippen molar-refractivity contribution < 1.29 is 0 Å². The molecule has 0 nitrogen and oxygen atoms in total. The molecule has 0 saturated heterocycles. The molecule has 0 spiro atoms. The molecule has 0 atom stereocenters. The lowest BCUT2D eigenvalue weighted by Crippen LogP contribution is -1.77. The van der Waals surface area contributed by atoms with Gasteiger partial charge in [-0.25, -0.2) is 0 Å². The summed E-state index contributed by atoms with van der Waals surface area (Å²) in [4.78, 5) is 2.80. The number of rotatable bonds is 1. The predicted molar refractivity (Wildman–Crippen MR) is 58.9 cm³/mol. The summed E-state index contributed by atoms with van der Waals surface area (Å²) in [6.07, 6.45) is 1.31. The first-order valence-corrected chi connectivity index (χ1v) is 5.41. The van der Waals surface area contributed by atoms with Gasteiger partial charge in [0.05, 0.1) is 0 Å². The second-order valence-electron chi connectivity index (χ2n) is 3.46. The average Bonchev–Trinajstić information content (AvgIpc) is 2.36. The second-order valence-corrected chi connectivity index (χ2v) is 4.95. The Hall–Kier alpha value is -0.300. The van der Waals surface area contributed by atoms with Crippen LogP contribution in [0.4, 0.5) is 0 Å². The monoisotopic (exact) mass is 184 g/mol. The van der Waals surface area contributed by atoms with Gasteiger partial charge in [0.25, 0.3) is 0 Å². The maximum atomic E-state index is 2.22. The summed E-state index contributed by atoms with van der Waals surface area (Å²) in [6.45, 7) is 10.9. The lowest BCUT2D eigenvalue weighted by molar-refractivity contribution is 0.626. The van der Waals surface area contributed by atoms with Crippen molar-refractivity contribution in [2.45, 2.75) is 41.0 Å². The molecule has 0 aliphatic rings. The molecule has 0 bridgehead atoms. The molecule has 0 aromatic carbocycles. The molecule has 0 N–H and O–H groups in total. The zero-order valence-electron chi connectivity index (χ0n) is 8.85. The zero-order chi connectivity index (χ0) is 9.56. The Morgan fingerprint density at radius 3 is 1.58 bits per heavy atom. The number of hydrogen-bond donors (Lipinski definition) is 0. The Morgan fingerprint density at radius 1 is 1.17 bits per heavy atom. The third-order valence-corrected chi connectivity index (χ3v) is 2.61. The van der Waals surface area contributed by atoms with Crippen molar-refractivity contribution in [3.63, 3.8) is 0 Å². The van der Waals surface area contributed by atoms with Crippen LogP contribution >= 0.6 is 11.3 Å². The van der Waals surface area contributed by atoms with Gasteiger partial charge in [0.1, 0.15) is 0 Å². The first-order chi connectivity index (χ1) is 5.56. The van der Waals surface area contributed by atoms with Gasteiger partial charge in [-0.1, -0.05) is 27.2 Å². The molecule has 0 radical (unpaired) electrons. The zero-order valence-corrected chi connectivity index (χ0v) is 9.66. The smallest absolute Gasteiger partial charge is 0.00170 e. The molecule has 0 aliphatic heterocycles. The number of thiophene rings is 1. The van der Waals surface area contributed by atoms with E-state index in [1.54, 1.807) is 0 Å². The average molecular weight is 184 g/mol.